The van der Waals surface area contributed by atoms with Gasteiger partial charge in [-0.05, 0) is 7.05 Å². The summed E-state index contributed by atoms with van der Waals surface area (Å²) >= 11 is 0. The average Bonchev–Trinajstić information content (AvgIpc) is 2.93. The van der Waals surface area contributed by atoms with Crippen LogP contribution in [0.4, 0.5) is 5.82 Å². The smallest absolute Gasteiger partial charge is 0.161 e. The Morgan fingerprint density at radius 2 is 2.19 bits per heavy atom. The SMILES string of the molecule is CNc1cc(-c2cnn(C)c2)nc(C2CN(C)CCO2)n1. The van der Waals surface area contributed by atoms with Gasteiger partial charge >= 0.3 is 0 Å². The van der Waals surface area contributed by atoms with Crippen molar-refractivity contribution in [1.29, 1.82) is 0 Å². The van der Waals surface area contributed by atoms with Gasteiger partial charge in [0.25, 0.3) is 0 Å². The minimum absolute atomic E-state index is 0.0903. The molecule has 0 aromatic carbocycles. The van der Waals surface area contributed by atoms with E-state index in [1.165, 1.54) is 0 Å². The first kappa shape index (κ1) is 14.0. The highest BCUT2D eigenvalue weighted by molar-refractivity contribution is 5.60. The summed E-state index contributed by atoms with van der Waals surface area (Å²) in [4.78, 5) is 11.4. The minimum Gasteiger partial charge on any atom is -0.373 e. The first-order chi connectivity index (χ1) is 10.2. The second-order valence-corrected chi connectivity index (χ2v) is 5.27. The first-order valence-corrected chi connectivity index (χ1v) is 7.01. The molecule has 112 valence electrons. The van der Waals surface area contributed by atoms with Crippen molar-refractivity contribution in [2.75, 3.05) is 39.1 Å². The fourth-order valence-corrected chi connectivity index (χ4v) is 2.37. The van der Waals surface area contributed by atoms with E-state index in [0.717, 1.165) is 30.2 Å². The molecule has 2 aromatic heterocycles. The van der Waals surface area contributed by atoms with E-state index in [-0.39, 0.29) is 6.10 Å². The largest absolute Gasteiger partial charge is 0.373 e. The van der Waals surface area contributed by atoms with Crippen molar-refractivity contribution in [1.82, 2.24) is 24.6 Å². The summed E-state index contributed by atoms with van der Waals surface area (Å²) < 4.78 is 7.58. The topological polar surface area (TPSA) is 68.1 Å². The normalized spacial score (nSPS) is 19.7. The fourth-order valence-electron chi connectivity index (χ4n) is 2.37. The van der Waals surface area contributed by atoms with Gasteiger partial charge in [0.1, 0.15) is 11.9 Å². The van der Waals surface area contributed by atoms with Gasteiger partial charge in [0.2, 0.25) is 0 Å². The Morgan fingerprint density at radius 3 is 2.86 bits per heavy atom. The van der Waals surface area contributed by atoms with Crippen LogP contribution in [0.2, 0.25) is 0 Å². The third-order valence-corrected chi connectivity index (χ3v) is 3.56. The summed E-state index contributed by atoms with van der Waals surface area (Å²) in [5.41, 5.74) is 1.83. The van der Waals surface area contributed by atoms with Crippen LogP contribution < -0.4 is 5.32 Å². The van der Waals surface area contributed by atoms with Gasteiger partial charge in [-0.3, -0.25) is 4.68 Å². The fraction of sp³-hybridized carbons (Fsp3) is 0.500. The van der Waals surface area contributed by atoms with Crippen LogP contribution in [0.5, 0.6) is 0 Å². The molecule has 1 atom stereocenters. The van der Waals surface area contributed by atoms with Crippen molar-refractivity contribution in [3.8, 4) is 11.3 Å². The Hall–Kier alpha value is -1.99. The zero-order valence-corrected chi connectivity index (χ0v) is 12.6. The van der Waals surface area contributed by atoms with Gasteiger partial charge in [0, 0.05) is 45.0 Å². The maximum absolute atomic E-state index is 5.81. The number of rotatable bonds is 3. The van der Waals surface area contributed by atoms with Crippen LogP contribution in [0.1, 0.15) is 11.9 Å². The molecule has 1 N–H and O–H groups in total. The van der Waals surface area contributed by atoms with Crippen LogP contribution in [0, 0.1) is 0 Å². The van der Waals surface area contributed by atoms with Crippen LogP contribution >= 0.6 is 0 Å². The number of nitrogens with zero attached hydrogens (tertiary/aromatic N) is 5. The molecule has 0 amide bonds. The monoisotopic (exact) mass is 288 g/mol. The van der Waals surface area contributed by atoms with Crippen LogP contribution in [0.15, 0.2) is 18.5 Å². The third kappa shape index (κ3) is 3.03. The number of morpholine rings is 1. The molecule has 1 aliphatic heterocycles. The Morgan fingerprint density at radius 1 is 1.33 bits per heavy atom. The van der Waals surface area contributed by atoms with E-state index in [9.17, 15) is 0 Å². The molecule has 1 fully saturated rings. The highest BCUT2D eigenvalue weighted by Crippen LogP contribution is 2.24. The molecule has 3 rings (SSSR count). The van der Waals surface area contributed by atoms with E-state index in [2.05, 4.69) is 32.3 Å². The van der Waals surface area contributed by atoms with Crippen molar-refractivity contribution >= 4 is 5.82 Å². The predicted octanol–water partition coefficient (Wildman–Crippen LogP) is 0.922. The minimum atomic E-state index is -0.0903. The van der Waals surface area contributed by atoms with Crippen LogP contribution in [0.25, 0.3) is 11.3 Å². The number of hydrogen-bond acceptors (Lipinski definition) is 6. The van der Waals surface area contributed by atoms with Crippen molar-refractivity contribution < 1.29 is 4.74 Å². The van der Waals surface area contributed by atoms with Gasteiger partial charge < -0.3 is 15.0 Å². The lowest BCUT2D eigenvalue weighted by atomic mass is 10.2. The lowest BCUT2D eigenvalue weighted by Crippen LogP contribution is -2.36. The lowest BCUT2D eigenvalue weighted by molar-refractivity contribution is -0.0253. The number of aromatic nitrogens is 4. The predicted molar refractivity (Wildman–Crippen MR) is 80.0 cm³/mol. The molecule has 3 heterocycles. The number of hydrogen-bond donors (Lipinski definition) is 1. The lowest BCUT2D eigenvalue weighted by Gasteiger charge is -2.29. The summed E-state index contributed by atoms with van der Waals surface area (Å²) in [6.07, 6.45) is 3.66. The highest BCUT2D eigenvalue weighted by Gasteiger charge is 2.23. The standard InChI is InChI=1S/C14H20N6O/c1-15-13-6-11(10-7-16-20(3)8-10)17-14(18-13)12-9-19(2)4-5-21-12/h6-8,12H,4-5,9H2,1-3H3,(H,15,17,18). The van der Waals surface area contributed by atoms with Gasteiger partial charge in [-0.1, -0.05) is 0 Å². The molecular formula is C14H20N6O. The summed E-state index contributed by atoms with van der Waals surface area (Å²) in [6, 6.07) is 1.92. The molecule has 21 heavy (non-hydrogen) atoms. The Bertz CT molecular complexity index is 626. The van der Waals surface area contributed by atoms with E-state index in [1.54, 1.807) is 10.9 Å². The molecule has 0 bridgehead atoms. The van der Waals surface area contributed by atoms with Gasteiger partial charge in [0.15, 0.2) is 5.82 Å². The molecule has 0 spiro atoms. The molecule has 1 saturated heterocycles. The van der Waals surface area contributed by atoms with E-state index in [0.29, 0.717) is 12.4 Å². The second kappa shape index (κ2) is 5.79. The Balaban J connectivity index is 1.96. The number of likely N-dealkylation sites (N-methyl/N-ethyl adjacent to an activating group) is 1. The number of aryl methyl sites for hydroxylation is 1. The summed E-state index contributed by atoms with van der Waals surface area (Å²) in [5, 5.41) is 7.29. The number of ether oxygens (including phenoxy) is 1. The Kier molecular flexibility index (Phi) is 3.85. The van der Waals surface area contributed by atoms with Crippen LogP contribution in [-0.4, -0.2) is 58.4 Å². The molecule has 0 radical (unpaired) electrons. The van der Waals surface area contributed by atoms with Gasteiger partial charge in [-0.25, -0.2) is 9.97 Å². The Labute approximate surface area is 124 Å². The van der Waals surface area contributed by atoms with E-state index < -0.39 is 0 Å². The van der Waals surface area contributed by atoms with Gasteiger partial charge in [-0.15, -0.1) is 0 Å². The summed E-state index contributed by atoms with van der Waals surface area (Å²) in [6.45, 7) is 2.45. The molecule has 7 nitrogen and oxygen atoms in total. The molecule has 1 aliphatic rings. The molecule has 1 unspecified atom stereocenters. The molecule has 0 aliphatic carbocycles. The molecule has 2 aromatic rings. The average molecular weight is 288 g/mol. The maximum Gasteiger partial charge on any atom is 0.161 e. The van der Waals surface area contributed by atoms with Crippen molar-refractivity contribution in [2.24, 2.45) is 7.05 Å². The van der Waals surface area contributed by atoms with Gasteiger partial charge in [-0.2, -0.15) is 5.10 Å². The highest BCUT2D eigenvalue weighted by atomic mass is 16.5. The summed E-state index contributed by atoms with van der Waals surface area (Å²) in [5.74, 6) is 1.50. The second-order valence-electron chi connectivity index (χ2n) is 5.27. The molecule has 7 heteroatoms. The zero-order valence-electron chi connectivity index (χ0n) is 12.6. The maximum atomic E-state index is 5.81. The quantitative estimate of drug-likeness (QED) is 0.906. The number of anilines is 1. The number of nitrogens with one attached hydrogen (secondary N) is 1. The summed E-state index contributed by atoms with van der Waals surface area (Å²) in [7, 11) is 5.83. The zero-order chi connectivity index (χ0) is 14.8. The van der Waals surface area contributed by atoms with Crippen molar-refractivity contribution in [3.05, 3.63) is 24.3 Å². The molecular weight excluding hydrogens is 268 g/mol. The van der Waals surface area contributed by atoms with Crippen LogP contribution in [-0.2, 0) is 11.8 Å². The van der Waals surface area contributed by atoms with Crippen molar-refractivity contribution in [3.63, 3.8) is 0 Å². The van der Waals surface area contributed by atoms with E-state index >= 15 is 0 Å². The van der Waals surface area contributed by atoms with Crippen LogP contribution in [0.3, 0.4) is 0 Å². The van der Waals surface area contributed by atoms with Crippen molar-refractivity contribution in [2.45, 2.75) is 6.10 Å². The van der Waals surface area contributed by atoms with Gasteiger partial charge in [0.05, 0.1) is 18.5 Å². The molecule has 0 saturated carbocycles. The third-order valence-electron chi connectivity index (χ3n) is 3.56. The first-order valence-electron chi connectivity index (χ1n) is 7.01. The van der Waals surface area contributed by atoms with E-state index in [4.69, 9.17) is 4.74 Å². The van der Waals surface area contributed by atoms with E-state index in [1.807, 2.05) is 26.4 Å².